The summed E-state index contributed by atoms with van der Waals surface area (Å²) in [5.74, 6) is -0.257. The molecule has 0 amide bonds. The summed E-state index contributed by atoms with van der Waals surface area (Å²) in [7, 11) is 0. The Morgan fingerprint density at radius 1 is 1.58 bits per heavy atom. The maximum absolute atomic E-state index is 12.2. The van der Waals surface area contributed by atoms with Crippen LogP contribution in [0.4, 0.5) is 0 Å². The van der Waals surface area contributed by atoms with Gasteiger partial charge in [-0.25, -0.2) is 0 Å². The van der Waals surface area contributed by atoms with Gasteiger partial charge in [0.05, 0.1) is 12.2 Å². The van der Waals surface area contributed by atoms with Crippen molar-refractivity contribution in [2.75, 3.05) is 26.3 Å². The molecule has 1 aliphatic heterocycles. The summed E-state index contributed by atoms with van der Waals surface area (Å²) in [6, 6.07) is 0. The van der Waals surface area contributed by atoms with Gasteiger partial charge in [0, 0.05) is 31.0 Å². The third kappa shape index (κ3) is 4.38. The van der Waals surface area contributed by atoms with Crippen LogP contribution in [0.25, 0.3) is 10.4 Å². The molecule has 0 saturated carbocycles. The van der Waals surface area contributed by atoms with Crippen LogP contribution in [0.5, 0.6) is 0 Å². The van der Waals surface area contributed by atoms with Crippen LogP contribution in [0.15, 0.2) is 5.11 Å². The van der Waals surface area contributed by atoms with Crippen molar-refractivity contribution in [2.45, 2.75) is 44.8 Å². The maximum Gasteiger partial charge on any atom is 0.326 e. The molecule has 1 atom stereocenters. The number of azide groups is 1. The number of ether oxygens (including phenoxy) is 2. The molecule has 1 fully saturated rings. The predicted octanol–water partition coefficient (Wildman–Crippen LogP) is 1.78. The Labute approximate surface area is 113 Å². The molecule has 0 aromatic rings. The summed E-state index contributed by atoms with van der Waals surface area (Å²) in [4.78, 5) is 14.9. The Kier molecular flexibility index (Phi) is 5.60. The standard InChI is InChI=1S/C12H22N4O3/c1-4-18-10(17)12(14-6-7-15-16-13)5-8-19-11(2,3)9-12/h14H,4-9H2,1-3H3. The molecule has 1 N–H and O–H groups in total. The van der Waals surface area contributed by atoms with Crippen molar-refractivity contribution in [1.82, 2.24) is 5.32 Å². The summed E-state index contributed by atoms with van der Waals surface area (Å²) in [5, 5.41) is 6.65. The van der Waals surface area contributed by atoms with Crippen LogP contribution in [0, 0.1) is 0 Å². The minimum atomic E-state index is -0.747. The summed E-state index contributed by atoms with van der Waals surface area (Å²) >= 11 is 0. The molecule has 0 radical (unpaired) electrons. The van der Waals surface area contributed by atoms with Crippen molar-refractivity contribution < 1.29 is 14.3 Å². The molecule has 1 aliphatic rings. The smallest absolute Gasteiger partial charge is 0.326 e. The maximum atomic E-state index is 12.2. The van der Waals surface area contributed by atoms with Crippen molar-refractivity contribution in [1.29, 1.82) is 0 Å². The molecule has 0 aromatic heterocycles. The van der Waals surface area contributed by atoms with E-state index in [1.54, 1.807) is 6.92 Å². The average molecular weight is 270 g/mol. The molecule has 108 valence electrons. The van der Waals surface area contributed by atoms with Gasteiger partial charge in [-0.15, -0.1) is 0 Å². The average Bonchev–Trinajstić information content (AvgIpc) is 2.34. The van der Waals surface area contributed by atoms with Crippen LogP contribution in [0.3, 0.4) is 0 Å². The highest BCUT2D eigenvalue weighted by Crippen LogP contribution is 2.33. The Hall–Kier alpha value is -1.30. The minimum Gasteiger partial charge on any atom is -0.465 e. The van der Waals surface area contributed by atoms with Gasteiger partial charge in [-0.1, -0.05) is 5.11 Å². The van der Waals surface area contributed by atoms with E-state index < -0.39 is 5.54 Å². The Morgan fingerprint density at radius 2 is 2.32 bits per heavy atom. The van der Waals surface area contributed by atoms with Gasteiger partial charge >= 0.3 is 5.97 Å². The van der Waals surface area contributed by atoms with Gasteiger partial charge in [-0.2, -0.15) is 0 Å². The second kappa shape index (κ2) is 6.75. The second-order valence-corrected chi connectivity index (χ2v) is 5.22. The van der Waals surface area contributed by atoms with Gasteiger partial charge in [0.25, 0.3) is 0 Å². The number of hydrogen-bond acceptors (Lipinski definition) is 5. The number of carbonyl (C=O) groups is 1. The van der Waals surface area contributed by atoms with Crippen molar-refractivity contribution in [3.8, 4) is 0 Å². The predicted molar refractivity (Wildman–Crippen MR) is 70.6 cm³/mol. The van der Waals surface area contributed by atoms with Crippen LogP contribution >= 0.6 is 0 Å². The Morgan fingerprint density at radius 3 is 2.89 bits per heavy atom. The van der Waals surface area contributed by atoms with Crippen LogP contribution in [0.1, 0.15) is 33.6 Å². The zero-order chi connectivity index (χ0) is 14.4. The lowest BCUT2D eigenvalue weighted by atomic mass is 9.81. The molecular weight excluding hydrogens is 248 g/mol. The van der Waals surface area contributed by atoms with E-state index in [-0.39, 0.29) is 11.6 Å². The first-order valence-electron chi connectivity index (χ1n) is 6.53. The van der Waals surface area contributed by atoms with Gasteiger partial charge in [-0.05, 0) is 32.7 Å². The number of hydrogen-bond donors (Lipinski definition) is 1. The molecule has 7 nitrogen and oxygen atoms in total. The third-order valence-electron chi connectivity index (χ3n) is 3.15. The molecule has 19 heavy (non-hydrogen) atoms. The quantitative estimate of drug-likeness (QED) is 0.261. The molecule has 0 spiro atoms. The normalized spacial score (nSPS) is 25.4. The molecule has 1 saturated heterocycles. The largest absolute Gasteiger partial charge is 0.465 e. The molecule has 0 aliphatic carbocycles. The summed E-state index contributed by atoms with van der Waals surface area (Å²) in [6.45, 7) is 7.29. The van der Waals surface area contributed by atoms with E-state index in [0.717, 1.165) is 0 Å². The van der Waals surface area contributed by atoms with Gasteiger partial charge in [0.2, 0.25) is 0 Å². The minimum absolute atomic E-state index is 0.257. The highest BCUT2D eigenvalue weighted by molar-refractivity contribution is 5.81. The molecule has 1 unspecified atom stereocenters. The van der Waals surface area contributed by atoms with Crippen LogP contribution in [0.2, 0.25) is 0 Å². The van der Waals surface area contributed by atoms with Crippen molar-refractivity contribution in [3.05, 3.63) is 10.4 Å². The summed E-state index contributed by atoms with van der Waals surface area (Å²) in [6.07, 6.45) is 1.10. The van der Waals surface area contributed by atoms with Crippen LogP contribution in [-0.4, -0.2) is 43.4 Å². The zero-order valence-electron chi connectivity index (χ0n) is 11.8. The van der Waals surface area contributed by atoms with Gasteiger partial charge in [0.1, 0.15) is 5.54 Å². The Bertz CT molecular complexity index is 366. The van der Waals surface area contributed by atoms with E-state index in [1.807, 2.05) is 13.8 Å². The highest BCUT2D eigenvalue weighted by atomic mass is 16.5. The monoisotopic (exact) mass is 270 g/mol. The molecular formula is C12H22N4O3. The van der Waals surface area contributed by atoms with Gasteiger partial charge < -0.3 is 14.8 Å². The first-order chi connectivity index (χ1) is 8.96. The van der Waals surface area contributed by atoms with E-state index in [4.69, 9.17) is 15.0 Å². The number of carbonyl (C=O) groups excluding carboxylic acids is 1. The second-order valence-electron chi connectivity index (χ2n) is 5.22. The lowest BCUT2D eigenvalue weighted by molar-refractivity contribution is -0.164. The third-order valence-corrected chi connectivity index (χ3v) is 3.15. The van der Waals surface area contributed by atoms with Crippen LogP contribution in [-0.2, 0) is 14.3 Å². The SMILES string of the molecule is CCOC(=O)C1(NCCN=[N+]=[N-])CCOC(C)(C)C1. The number of rotatable bonds is 6. The molecule has 0 bridgehead atoms. The fourth-order valence-corrected chi connectivity index (χ4v) is 2.42. The Balaban J connectivity index is 2.77. The van der Waals surface area contributed by atoms with E-state index in [0.29, 0.717) is 39.1 Å². The van der Waals surface area contributed by atoms with Gasteiger partial charge in [0.15, 0.2) is 0 Å². The molecule has 1 rings (SSSR count). The summed E-state index contributed by atoms with van der Waals surface area (Å²) in [5.41, 5.74) is 7.14. The van der Waals surface area contributed by atoms with Crippen molar-refractivity contribution in [3.63, 3.8) is 0 Å². The van der Waals surface area contributed by atoms with Crippen molar-refractivity contribution >= 4 is 5.97 Å². The van der Waals surface area contributed by atoms with Crippen LogP contribution < -0.4 is 5.32 Å². The molecule has 1 heterocycles. The molecule has 0 aromatic carbocycles. The first-order valence-corrected chi connectivity index (χ1v) is 6.53. The van der Waals surface area contributed by atoms with Crippen molar-refractivity contribution in [2.24, 2.45) is 5.11 Å². The lowest BCUT2D eigenvalue weighted by Crippen LogP contribution is -2.60. The summed E-state index contributed by atoms with van der Waals surface area (Å²) < 4.78 is 10.8. The number of nitrogens with zero attached hydrogens (tertiary/aromatic N) is 3. The fourth-order valence-electron chi connectivity index (χ4n) is 2.42. The fraction of sp³-hybridized carbons (Fsp3) is 0.917. The highest BCUT2D eigenvalue weighted by Gasteiger charge is 2.47. The number of nitrogens with one attached hydrogen (secondary N) is 1. The van der Waals surface area contributed by atoms with E-state index in [9.17, 15) is 4.79 Å². The first kappa shape index (κ1) is 15.8. The number of esters is 1. The van der Waals surface area contributed by atoms with E-state index in [2.05, 4.69) is 15.3 Å². The van der Waals surface area contributed by atoms with E-state index >= 15 is 0 Å². The topological polar surface area (TPSA) is 96.3 Å². The van der Waals surface area contributed by atoms with Gasteiger partial charge in [-0.3, -0.25) is 4.79 Å². The van der Waals surface area contributed by atoms with E-state index in [1.165, 1.54) is 0 Å². The zero-order valence-corrected chi connectivity index (χ0v) is 11.8. The molecule has 7 heteroatoms. The lowest BCUT2D eigenvalue weighted by Gasteiger charge is -2.43.